The molecule has 2 aliphatic heterocycles. The lowest BCUT2D eigenvalue weighted by atomic mass is 9.93. The molecule has 4 aromatic rings. The number of aliphatic imine (C=N–C) groups is 1. The van der Waals surface area contributed by atoms with Gasteiger partial charge in [0.1, 0.15) is 17.7 Å². The van der Waals surface area contributed by atoms with Gasteiger partial charge in [0.25, 0.3) is 0 Å². The molecule has 2 aliphatic rings. The van der Waals surface area contributed by atoms with E-state index in [0.29, 0.717) is 28.1 Å². The predicted octanol–water partition coefficient (Wildman–Crippen LogP) is 7.95. The van der Waals surface area contributed by atoms with Gasteiger partial charge in [0.05, 0.1) is 17.9 Å². The van der Waals surface area contributed by atoms with E-state index < -0.39 is 24.6 Å². The van der Waals surface area contributed by atoms with Gasteiger partial charge in [-0.2, -0.15) is 0 Å². The van der Waals surface area contributed by atoms with E-state index in [1.165, 1.54) is 11.8 Å². The Morgan fingerprint density at radius 2 is 1.83 bits per heavy atom. The van der Waals surface area contributed by atoms with Gasteiger partial charge in [0.2, 0.25) is 6.86 Å². The summed E-state index contributed by atoms with van der Waals surface area (Å²) >= 11 is 1.44. The number of fused-ring (bicyclic) bond motifs is 3. The standard InChI is InChI=1S/C35H35FN6O5S/c1-22-6-15-29-23(2)17-27-19-48-32(42(27)30(29)16-22)38-33(43)47-41(34(44)46-35(3,4)5)18-24-7-9-25(10-8-24)31-37-21-40(39-31)26-11-13-28(14-12-26)45-20-36/h6-17,21,23H,18-20H2,1-5H3. The zero-order valence-corrected chi connectivity index (χ0v) is 28.0. The Hall–Kier alpha value is -5.17. The first-order valence-electron chi connectivity index (χ1n) is 15.3. The molecule has 1 atom stereocenters. The Balaban J connectivity index is 1.18. The van der Waals surface area contributed by atoms with Crippen LogP contribution in [0.25, 0.3) is 17.1 Å². The van der Waals surface area contributed by atoms with Crippen LogP contribution in [-0.4, -0.2) is 55.4 Å². The fraction of sp³-hybridized carbons (Fsp3) is 0.286. The van der Waals surface area contributed by atoms with Crippen molar-refractivity contribution in [1.82, 2.24) is 19.8 Å². The summed E-state index contributed by atoms with van der Waals surface area (Å²) in [4.78, 5) is 42.6. The van der Waals surface area contributed by atoms with E-state index in [0.717, 1.165) is 38.8 Å². The highest BCUT2D eigenvalue weighted by Gasteiger charge is 2.34. The number of benzene rings is 3. The normalized spacial score (nSPS) is 16.2. The second-order valence-corrected chi connectivity index (χ2v) is 13.3. The van der Waals surface area contributed by atoms with Gasteiger partial charge in [-0.15, -0.1) is 15.2 Å². The lowest BCUT2D eigenvalue weighted by Crippen LogP contribution is -2.37. The van der Waals surface area contributed by atoms with Crippen molar-refractivity contribution in [2.75, 3.05) is 17.5 Å². The summed E-state index contributed by atoms with van der Waals surface area (Å²) in [5.41, 5.74) is 5.60. The summed E-state index contributed by atoms with van der Waals surface area (Å²) in [7, 11) is 0. The third-order valence-electron chi connectivity index (χ3n) is 7.51. The smallest absolute Gasteiger partial charge is 0.460 e. The zero-order valence-electron chi connectivity index (χ0n) is 27.2. The predicted molar refractivity (Wildman–Crippen MR) is 182 cm³/mol. The third-order valence-corrected chi connectivity index (χ3v) is 8.48. The number of hydroxylamine groups is 2. The Morgan fingerprint density at radius 1 is 1.08 bits per heavy atom. The summed E-state index contributed by atoms with van der Waals surface area (Å²) in [6.45, 7) is 8.39. The van der Waals surface area contributed by atoms with Gasteiger partial charge in [0, 0.05) is 22.9 Å². The molecule has 1 saturated heterocycles. The van der Waals surface area contributed by atoms with Crippen LogP contribution in [-0.2, 0) is 16.1 Å². The minimum atomic E-state index is -0.937. The minimum Gasteiger partial charge on any atom is -0.463 e. The van der Waals surface area contributed by atoms with E-state index in [2.05, 4.69) is 46.3 Å². The Labute approximate surface area is 282 Å². The number of thioether (sulfide) groups is 1. The van der Waals surface area contributed by atoms with Crippen molar-refractivity contribution in [2.45, 2.75) is 52.7 Å². The van der Waals surface area contributed by atoms with Gasteiger partial charge in [-0.25, -0.2) is 23.6 Å². The number of alkyl halides is 1. The second kappa shape index (κ2) is 13.5. The van der Waals surface area contributed by atoms with E-state index in [-0.39, 0.29) is 12.5 Å². The third kappa shape index (κ3) is 7.36. The van der Waals surface area contributed by atoms with Gasteiger partial charge < -0.3 is 14.3 Å². The van der Waals surface area contributed by atoms with Gasteiger partial charge in [0.15, 0.2) is 11.0 Å². The van der Waals surface area contributed by atoms with E-state index in [9.17, 15) is 14.0 Å². The fourth-order valence-corrected chi connectivity index (χ4v) is 6.29. The van der Waals surface area contributed by atoms with Crippen molar-refractivity contribution in [3.8, 4) is 22.8 Å². The van der Waals surface area contributed by atoms with Crippen molar-refractivity contribution < 1.29 is 28.3 Å². The van der Waals surface area contributed by atoms with Gasteiger partial charge in [-0.1, -0.05) is 61.2 Å². The van der Waals surface area contributed by atoms with Gasteiger partial charge in [-0.05, 0) is 74.7 Å². The summed E-state index contributed by atoms with van der Waals surface area (Å²) in [5.74, 6) is 1.79. The highest BCUT2D eigenvalue weighted by Crippen LogP contribution is 2.43. The molecule has 13 heteroatoms. The quantitative estimate of drug-likeness (QED) is 0.189. The first-order chi connectivity index (χ1) is 23.0. The monoisotopic (exact) mass is 670 g/mol. The van der Waals surface area contributed by atoms with Crippen LogP contribution in [0.1, 0.15) is 50.3 Å². The Bertz CT molecular complexity index is 1880. The largest absolute Gasteiger partial charge is 0.463 e. The number of aryl methyl sites for hydroxylation is 1. The topological polar surface area (TPSA) is 111 Å². The average Bonchev–Trinajstić information content (AvgIpc) is 3.69. The number of amides is 2. The molecule has 3 heterocycles. The number of hydrogen-bond acceptors (Lipinski definition) is 8. The molecule has 248 valence electrons. The number of halogens is 1. The van der Waals surface area contributed by atoms with Gasteiger partial charge >= 0.3 is 12.2 Å². The van der Waals surface area contributed by atoms with Crippen LogP contribution in [0.4, 0.5) is 19.7 Å². The van der Waals surface area contributed by atoms with Crippen LogP contribution in [0.2, 0.25) is 0 Å². The highest BCUT2D eigenvalue weighted by atomic mass is 32.2. The van der Waals surface area contributed by atoms with Crippen molar-refractivity contribution >= 4 is 34.8 Å². The van der Waals surface area contributed by atoms with E-state index in [1.807, 2.05) is 24.0 Å². The van der Waals surface area contributed by atoms with Crippen molar-refractivity contribution in [2.24, 2.45) is 4.99 Å². The molecule has 0 saturated carbocycles. The fourth-order valence-electron chi connectivity index (χ4n) is 5.31. The number of amidine groups is 1. The van der Waals surface area contributed by atoms with E-state index in [4.69, 9.17) is 14.3 Å². The number of carbonyl (C=O) groups is 2. The molecule has 0 aliphatic carbocycles. The molecule has 0 N–H and O–H groups in total. The molecule has 0 radical (unpaired) electrons. The number of allylic oxidation sites excluding steroid dienone is 1. The summed E-state index contributed by atoms with van der Waals surface area (Å²) < 4.78 is 24.4. The lowest BCUT2D eigenvalue weighted by Gasteiger charge is -2.30. The van der Waals surface area contributed by atoms with Crippen molar-refractivity contribution in [3.63, 3.8) is 0 Å². The molecule has 2 amide bonds. The van der Waals surface area contributed by atoms with Crippen LogP contribution < -0.4 is 9.64 Å². The van der Waals surface area contributed by atoms with Crippen molar-refractivity contribution in [1.29, 1.82) is 0 Å². The molecule has 3 aromatic carbocycles. The number of ether oxygens (including phenoxy) is 2. The molecule has 11 nitrogen and oxygen atoms in total. The molecule has 48 heavy (non-hydrogen) atoms. The van der Waals surface area contributed by atoms with Crippen LogP contribution in [0.15, 0.2) is 89.8 Å². The van der Waals surface area contributed by atoms with Gasteiger partial charge in [-0.3, -0.25) is 4.90 Å². The lowest BCUT2D eigenvalue weighted by molar-refractivity contribution is -0.103. The first-order valence-corrected chi connectivity index (χ1v) is 16.3. The number of nitrogens with zero attached hydrogens (tertiary/aromatic N) is 6. The number of carbonyl (C=O) groups excluding carboxylic acids is 2. The van der Waals surface area contributed by atoms with Crippen LogP contribution >= 0.6 is 11.8 Å². The molecule has 0 spiro atoms. The second-order valence-electron chi connectivity index (χ2n) is 12.4. The molecule has 6 rings (SSSR count). The number of anilines is 1. The molecule has 0 bridgehead atoms. The van der Waals surface area contributed by atoms with Crippen LogP contribution in [0, 0.1) is 6.92 Å². The molecular weight excluding hydrogens is 635 g/mol. The Kier molecular flexibility index (Phi) is 9.22. The zero-order chi connectivity index (χ0) is 34.0. The van der Waals surface area contributed by atoms with Crippen molar-refractivity contribution in [3.05, 3.63) is 102 Å². The number of rotatable bonds is 6. The SMILES string of the molecule is Cc1ccc2c(c1)N1C(=CC2C)CSC1=NC(=O)ON(Cc1ccc(-c2ncn(-c3ccc(OCF)cc3)n2)cc1)C(=O)OC(C)(C)C. The van der Waals surface area contributed by atoms with E-state index in [1.54, 1.807) is 68.2 Å². The summed E-state index contributed by atoms with van der Waals surface area (Å²) in [5, 5.41) is 5.90. The molecule has 1 unspecified atom stereocenters. The first kappa shape index (κ1) is 32.8. The number of hydrogen-bond donors (Lipinski definition) is 0. The molecule has 1 fully saturated rings. The Morgan fingerprint density at radius 3 is 2.54 bits per heavy atom. The molecular formula is C35H35FN6O5S. The summed E-state index contributed by atoms with van der Waals surface area (Å²) in [6, 6.07) is 20.2. The highest BCUT2D eigenvalue weighted by molar-refractivity contribution is 8.14. The van der Waals surface area contributed by atoms with Crippen LogP contribution in [0.5, 0.6) is 5.75 Å². The van der Waals surface area contributed by atoms with E-state index >= 15 is 0 Å². The summed E-state index contributed by atoms with van der Waals surface area (Å²) in [6.07, 6.45) is 1.99. The average molecular weight is 671 g/mol. The molecule has 1 aromatic heterocycles. The minimum absolute atomic E-state index is 0.0808. The maximum absolute atomic E-state index is 13.2. The van der Waals surface area contributed by atoms with Crippen LogP contribution in [0.3, 0.4) is 0 Å². The maximum Gasteiger partial charge on any atom is 0.460 e. The maximum atomic E-state index is 13.2. The number of aromatic nitrogens is 3.